The van der Waals surface area contributed by atoms with Crippen LogP contribution in [0.1, 0.15) is 12.8 Å². The molecule has 0 atom stereocenters. The van der Waals surface area contributed by atoms with Crippen molar-refractivity contribution in [2.24, 2.45) is 11.7 Å². The molecule has 0 radical (unpaired) electrons. The zero-order valence-corrected chi connectivity index (χ0v) is 7.13. The number of primary amides is 1. The molecular formula is C8H15FN2O. The first-order chi connectivity index (χ1) is 5.72. The lowest BCUT2D eigenvalue weighted by atomic mass is 9.98. The Bertz CT molecular complexity index is 155. The van der Waals surface area contributed by atoms with Gasteiger partial charge >= 0.3 is 0 Å². The summed E-state index contributed by atoms with van der Waals surface area (Å²) in [5.41, 5.74) is 5.04. The van der Waals surface area contributed by atoms with Gasteiger partial charge in [-0.15, -0.1) is 0 Å². The molecule has 0 spiro atoms. The molecule has 1 aliphatic heterocycles. The summed E-state index contributed by atoms with van der Waals surface area (Å²) in [6.07, 6.45) is 1.70. The summed E-state index contributed by atoms with van der Waals surface area (Å²) in [5.74, 6) is -0.0946. The summed E-state index contributed by atoms with van der Waals surface area (Å²) in [6, 6.07) is 0. The minimum absolute atomic E-state index is 0.203. The molecule has 1 aliphatic rings. The number of rotatable bonds is 3. The van der Waals surface area contributed by atoms with Crippen LogP contribution in [0.2, 0.25) is 0 Å². The molecule has 0 aliphatic carbocycles. The summed E-state index contributed by atoms with van der Waals surface area (Å²) in [7, 11) is 0. The Balaban J connectivity index is 2.21. The largest absolute Gasteiger partial charge is 0.369 e. The zero-order chi connectivity index (χ0) is 8.97. The fourth-order valence-electron chi connectivity index (χ4n) is 1.52. The average Bonchev–Trinajstić information content (AvgIpc) is 2.05. The number of hydrogen-bond donors (Lipinski definition) is 1. The first-order valence-corrected chi connectivity index (χ1v) is 4.29. The Morgan fingerprint density at radius 3 is 2.50 bits per heavy atom. The minimum Gasteiger partial charge on any atom is -0.369 e. The normalized spacial score (nSPS) is 21.1. The van der Waals surface area contributed by atoms with Crippen LogP contribution in [-0.2, 0) is 4.79 Å². The van der Waals surface area contributed by atoms with Gasteiger partial charge in [-0.2, -0.15) is 0 Å². The molecule has 12 heavy (non-hydrogen) atoms. The van der Waals surface area contributed by atoms with Gasteiger partial charge in [-0.1, -0.05) is 0 Å². The highest BCUT2D eigenvalue weighted by atomic mass is 19.1. The Kier molecular flexibility index (Phi) is 3.47. The van der Waals surface area contributed by atoms with E-state index >= 15 is 0 Å². The first kappa shape index (κ1) is 9.45. The van der Waals surface area contributed by atoms with E-state index in [1.807, 2.05) is 4.90 Å². The Hall–Kier alpha value is -0.640. The summed E-state index contributed by atoms with van der Waals surface area (Å²) in [5, 5.41) is 0. The van der Waals surface area contributed by atoms with Gasteiger partial charge in [0.05, 0.1) is 13.2 Å². The number of alkyl halides is 1. The van der Waals surface area contributed by atoms with Crippen LogP contribution in [0.15, 0.2) is 0 Å². The second-order valence-corrected chi connectivity index (χ2v) is 3.34. The van der Waals surface area contributed by atoms with Gasteiger partial charge in [0, 0.05) is 0 Å². The molecule has 1 saturated heterocycles. The van der Waals surface area contributed by atoms with Gasteiger partial charge in [-0.05, 0) is 31.8 Å². The van der Waals surface area contributed by atoms with E-state index in [1.54, 1.807) is 0 Å². The highest BCUT2D eigenvalue weighted by Crippen LogP contribution is 2.16. The molecule has 1 fully saturated rings. The number of piperidine rings is 1. The summed E-state index contributed by atoms with van der Waals surface area (Å²) >= 11 is 0. The van der Waals surface area contributed by atoms with E-state index in [9.17, 15) is 9.18 Å². The van der Waals surface area contributed by atoms with Crippen molar-refractivity contribution in [2.45, 2.75) is 12.8 Å². The van der Waals surface area contributed by atoms with Gasteiger partial charge in [-0.25, -0.2) is 0 Å². The molecule has 0 aromatic heterocycles. The number of carbonyl (C=O) groups is 1. The Morgan fingerprint density at radius 2 is 2.08 bits per heavy atom. The number of amides is 1. The molecule has 0 aromatic rings. The van der Waals surface area contributed by atoms with Crippen LogP contribution in [0.5, 0.6) is 0 Å². The average molecular weight is 174 g/mol. The molecule has 0 saturated carbocycles. The lowest BCUT2D eigenvalue weighted by Gasteiger charge is -2.29. The monoisotopic (exact) mass is 174 g/mol. The predicted octanol–water partition coefficient (Wildman–Crippen LogP) is 0.153. The Morgan fingerprint density at radius 1 is 1.50 bits per heavy atom. The maximum Gasteiger partial charge on any atom is 0.231 e. The molecule has 1 rings (SSSR count). The SMILES string of the molecule is NC(=O)CN1CCC(CF)CC1. The van der Waals surface area contributed by atoms with Crippen molar-refractivity contribution in [2.75, 3.05) is 26.3 Å². The number of carbonyl (C=O) groups excluding carboxylic acids is 1. The maximum atomic E-state index is 12.2. The molecule has 70 valence electrons. The van der Waals surface area contributed by atoms with E-state index in [0.29, 0.717) is 6.54 Å². The van der Waals surface area contributed by atoms with E-state index in [4.69, 9.17) is 5.73 Å². The van der Waals surface area contributed by atoms with E-state index < -0.39 is 0 Å². The van der Waals surface area contributed by atoms with Crippen molar-refractivity contribution in [3.63, 3.8) is 0 Å². The highest BCUT2D eigenvalue weighted by molar-refractivity contribution is 5.75. The van der Waals surface area contributed by atoms with Crippen molar-refractivity contribution >= 4 is 5.91 Å². The van der Waals surface area contributed by atoms with Crippen LogP contribution in [-0.4, -0.2) is 37.1 Å². The van der Waals surface area contributed by atoms with Crippen LogP contribution in [0.4, 0.5) is 4.39 Å². The maximum absolute atomic E-state index is 12.2. The Labute approximate surface area is 71.7 Å². The number of halogens is 1. The van der Waals surface area contributed by atoms with E-state index in [1.165, 1.54) is 0 Å². The van der Waals surface area contributed by atoms with Gasteiger partial charge in [0.25, 0.3) is 0 Å². The minimum atomic E-state index is -0.298. The second-order valence-electron chi connectivity index (χ2n) is 3.34. The quantitative estimate of drug-likeness (QED) is 0.662. The third kappa shape index (κ3) is 2.77. The highest BCUT2D eigenvalue weighted by Gasteiger charge is 2.19. The molecule has 2 N–H and O–H groups in total. The molecule has 0 bridgehead atoms. The fourth-order valence-corrected chi connectivity index (χ4v) is 1.52. The molecule has 3 nitrogen and oxygen atoms in total. The van der Waals surface area contributed by atoms with Crippen molar-refractivity contribution in [1.29, 1.82) is 0 Å². The first-order valence-electron chi connectivity index (χ1n) is 4.29. The third-order valence-electron chi connectivity index (χ3n) is 2.30. The van der Waals surface area contributed by atoms with E-state index in [2.05, 4.69) is 0 Å². The van der Waals surface area contributed by atoms with Crippen LogP contribution < -0.4 is 5.73 Å². The van der Waals surface area contributed by atoms with Crippen LogP contribution in [0.25, 0.3) is 0 Å². The standard InChI is InChI=1S/C8H15FN2O/c9-5-7-1-3-11(4-2-7)6-8(10)12/h7H,1-6H2,(H2,10,12). The van der Waals surface area contributed by atoms with Crippen LogP contribution in [0, 0.1) is 5.92 Å². The van der Waals surface area contributed by atoms with Crippen molar-refractivity contribution in [3.8, 4) is 0 Å². The summed E-state index contributed by atoms with van der Waals surface area (Å²) in [4.78, 5) is 12.5. The number of hydrogen-bond acceptors (Lipinski definition) is 2. The number of nitrogens with two attached hydrogens (primary N) is 1. The molecular weight excluding hydrogens is 159 g/mol. The van der Waals surface area contributed by atoms with Gasteiger partial charge in [0.15, 0.2) is 0 Å². The fraction of sp³-hybridized carbons (Fsp3) is 0.875. The van der Waals surface area contributed by atoms with Crippen molar-refractivity contribution in [1.82, 2.24) is 4.90 Å². The molecule has 4 heteroatoms. The second kappa shape index (κ2) is 4.40. The molecule has 0 unspecified atom stereocenters. The van der Waals surface area contributed by atoms with E-state index in [-0.39, 0.29) is 18.5 Å². The van der Waals surface area contributed by atoms with Gasteiger partial charge in [-0.3, -0.25) is 14.1 Å². The summed E-state index contributed by atoms with van der Waals surface area (Å²) < 4.78 is 12.2. The lowest BCUT2D eigenvalue weighted by Crippen LogP contribution is -2.39. The number of likely N-dealkylation sites (tertiary alicyclic amines) is 1. The lowest BCUT2D eigenvalue weighted by molar-refractivity contribution is -0.119. The zero-order valence-electron chi connectivity index (χ0n) is 7.13. The molecule has 1 heterocycles. The smallest absolute Gasteiger partial charge is 0.231 e. The van der Waals surface area contributed by atoms with Gasteiger partial charge in [0.1, 0.15) is 0 Å². The van der Waals surface area contributed by atoms with Crippen molar-refractivity contribution in [3.05, 3.63) is 0 Å². The molecule has 0 aromatic carbocycles. The molecule has 1 amide bonds. The van der Waals surface area contributed by atoms with Gasteiger partial charge in [0.2, 0.25) is 5.91 Å². The topological polar surface area (TPSA) is 46.3 Å². The van der Waals surface area contributed by atoms with Crippen LogP contribution >= 0.6 is 0 Å². The van der Waals surface area contributed by atoms with Crippen LogP contribution in [0.3, 0.4) is 0 Å². The third-order valence-corrected chi connectivity index (χ3v) is 2.30. The van der Waals surface area contributed by atoms with Crippen molar-refractivity contribution < 1.29 is 9.18 Å². The number of nitrogens with zero attached hydrogens (tertiary/aromatic N) is 1. The van der Waals surface area contributed by atoms with Gasteiger partial charge < -0.3 is 5.73 Å². The van der Waals surface area contributed by atoms with E-state index in [0.717, 1.165) is 25.9 Å². The predicted molar refractivity (Wildman–Crippen MR) is 44.3 cm³/mol. The summed E-state index contributed by atoms with van der Waals surface area (Å²) in [6.45, 7) is 1.69.